The van der Waals surface area contributed by atoms with E-state index in [1.807, 2.05) is 11.8 Å². The van der Waals surface area contributed by atoms with Gasteiger partial charge in [0.05, 0.1) is 16.8 Å². The minimum atomic E-state index is 0.0889. The van der Waals surface area contributed by atoms with Gasteiger partial charge in [-0.3, -0.25) is 9.69 Å². The first-order valence-corrected chi connectivity index (χ1v) is 8.39. The number of nitrogens with zero attached hydrogens (tertiary/aromatic N) is 3. The van der Waals surface area contributed by atoms with Gasteiger partial charge < -0.3 is 9.80 Å². The van der Waals surface area contributed by atoms with Crippen molar-refractivity contribution in [2.24, 2.45) is 0 Å². The molecular formula is C14H25N3OS. The van der Waals surface area contributed by atoms with Crippen LogP contribution in [-0.2, 0) is 4.79 Å². The maximum absolute atomic E-state index is 12.5. The Morgan fingerprint density at radius 2 is 1.84 bits per heavy atom. The summed E-state index contributed by atoms with van der Waals surface area (Å²) >= 11 is 1.91. The number of likely N-dealkylation sites (tertiary alicyclic amines) is 2. The van der Waals surface area contributed by atoms with E-state index in [2.05, 4.69) is 28.7 Å². The lowest BCUT2D eigenvalue weighted by molar-refractivity contribution is -0.135. The van der Waals surface area contributed by atoms with Gasteiger partial charge in [-0.25, -0.2) is 0 Å². The molecule has 3 rings (SSSR count). The monoisotopic (exact) mass is 283 g/mol. The number of carbonyl (C=O) groups is 1. The molecule has 1 spiro atoms. The molecule has 3 aliphatic rings. The third-order valence-electron chi connectivity index (χ3n) is 4.81. The van der Waals surface area contributed by atoms with Gasteiger partial charge in [-0.15, -0.1) is 11.8 Å². The zero-order valence-corrected chi connectivity index (χ0v) is 12.9. The highest BCUT2D eigenvalue weighted by Gasteiger charge is 2.51. The van der Waals surface area contributed by atoms with Gasteiger partial charge in [0.25, 0.3) is 0 Å². The van der Waals surface area contributed by atoms with E-state index in [1.54, 1.807) is 0 Å². The van der Waals surface area contributed by atoms with E-state index in [4.69, 9.17) is 0 Å². The van der Waals surface area contributed by atoms with Gasteiger partial charge in [0.1, 0.15) is 0 Å². The zero-order valence-electron chi connectivity index (χ0n) is 12.1. The molecule has 0 N–H and O–H groups in total. The number of carbonyl (C=O) groups excluding carboxylic acids is 1. The molecule has 3 fully saturated rings. The van der Waals surface area contributed by atoms with Crippen molar-refractivity contribution in [2.45, 2.75) is 42.7 Å². The lowest BCUT2D eigenvalue weighted by atomic mass is 10.0. The second-order valence-electron chi connectivity index (χ2n) is 6.24. The summed E-state index contributed by atoms with van der Waals surface area (Å²) in [6.45, 7) is 7.50. The van der Waals surface area contributed by atoms with Crippen LogP contribution in [0.15, 0.2) is 0 Å². The summed E-state index contributed by atoms with van der Waals surface area (Å²) in [6.07, 6.45) is 4.83. The third kappa shape index (κ3) is 2.52. The highest BCUT2D eigenvalue weighted by Crippen LogP contribution is 2.47. The summed E-state index contributed by atoms with van der Waals surface area (Å²) in [7, 11) is 2.18. The molecule has 0 aliphatic carbocycles. The van der Waals surface area contributed by atoms with E-state index >= 15 is 0 Å². The number of piperidine rings is 1. The first-order valence-electron chi connectivity index (χ1n) is 7.51. The molecule has 108 valence electrons. The van der Waals surface area contributed by atoms with Crippen molar-refractivity contribution in [3.63, 3.8) is 0 Å². The molecule has 1 atom stereocenters. The maximum Gasteiger partial charge on any atom is 0.237 e. The van der Waals surface area contributed by atoms with Crippen LogP contribution < -0.4 is 0 Å². The molecule has 3 heterocycles. The van der Waals surface area contributed by atoms with Crippen LogP contribution in [0.3, 0.4) is 0 Å². The van der Waals surface area contributed by atoms with Crippen LogP contribution in [0.4, 0.5) is 0 Å². The highest BCUT2D eigenvalue weighted by molar-refractivity contribution is 8.02. The Labute approximate surface area is 120 Å². The molecule has 3 saturated heterocycles. The second kappa shape index (κ2) is 5.26. The molecule has 1 unspecified atom stereocenters. The molecule has 0 aromatic carbocycles. The van der Waals surface area contributed by atoms with Crippen molar-refractivity contribution in [2.75, 3.05) is 39.9 Å². The van der Waals surface area contributed by atoms with Crippen LogP contribution in [0.25, 0.3) is 0 Å². The Bertz CT molecular complexity index is 349. The average Bonchev–Trinajstić information content (AvgIpc) is 2.97. The first-order chi connectivity index (χ1) is 9.11. The Morgan fingerprint density at radius 3 is 2.47 bits per heavy atom. The number of rotatable bonds is 2. The molecule has 0 saturated carbocycles. The minimum absolute atomic E-state index is 0.0889. The smallest absolute Gasteiger partial charge is 0.237 e. The number of hydrogen-bond donors (Lipinski definition) is 0. The predicted octanol–water partition coefficient (Wildman–Crippen LogP) is 1.43. The fourth-order valence-corrected chi connectivity index (χ4v) is 5.12. The molecule has 0 radical (unpaired) electrons. The van der Waals surface area contributed by atoms with E-state index in [9.17, 15) is 4.79 Å². The van der Waals surface area contributed by atoms with Crippen molar-refractivity contribution in [1.82, 2.24) is 14.7 Å². The number of thioether (sulfide) groups is 1. The Balaban J connectivity index is 1.75. The van der Waals surface area contributed by atoms with Gasteiger partial charge in [0.15, 0.2) is 0 Å². The van der Waals surface area contributed by atoms with Crippen LogP contribution in [0.2, 0.25) is 0 Å². The van der Waals surface area contributed by atoms with Gasteiger partial charge >= 0.3 is 0 Å². The van der Waals surface area contributed by atoms with E-state index in [-0.39, 0.29) is 10.1 Å². The van der Waals surface area contributed by atoms with Gasteiger partial charge in [-0.2, -0.15) is 0 Å². The van der Waals surface area contributed by atoms with Crippen LogP contribution >= 0.6 is 11.8 Å². The lowest BCUT2D eigenvalue weighted by Gasteiger charge is -2.44. The molecule has 4 nitrogen and oxygen atoms in total. The summed E-state index contributed by atoms with van der Waals surface area (Å²) in [6, 6.07) is 0. The zero-order chi connectivity index (χ0) is 13.5. The fourth-order valence-electron chi connectivity index (χ4n) is 3.54. The number of amides is 1. The van der Waals surface area contributed by atoms with Crippen molar-refractivity contribution >= 4 is 17.7 Å². The van der Waals surface area contributed by atoms with Gasteiger partial charge in [-0.1, -0.05) is 0 Å². The number of hydrogen-bond acceptors (Lipinski definition) is 4. The molecule has 19 heavy (non-hydrogen) atoms. The summed E-state index contributed by atoms with van der Waals surface area (Å²) < 4.78 is 0. The summed E-state index contributed by atoms with van der Waals surface area (Å²) in [4.78, 5) is 19.6. The molecule has 0 bridgehead atoms. The van der Waals surface area contributed by atoms with Crippen LogP contribution in [0, 0.1) is 0 Å². The maximum atomic E-state index is 12.5. The molecule has 0 aromatic heterocycles. The molecule has 5 heteroatoms. The van der Waals surface area contributed by atoms with E-state index in [1.165, 1.54) is 25.9 Å². The largest absolute Gasteiger partial charge is 0.314 e. The Kier molecular flexibility index (Phi) is 3.80. The molecule has 3 aliphatic heterocycles. The third-order valence-corrected chi connectivity index (χ3v) is 6.43. The van der Waals surface area contributed by atoms with Crippen molar-refractivity contribution in [3.05, 3.63) is 0 Å². The molecule has 0 aromatic rings. The van der Waals surface area contributed by atoms with E-state index < -0.39 is 0 Å². The quantitative estimate of drug-likeness (QED) is 0.766. The minimum Gasteiger partial charge on any atom is -0.314 e. The fraction of sp³-hybridized carbons (Fsp3) is 0.929. The molecule has 1 amide bonds. The van der Waals surface area contributed by atoms with Gasteiger partial charge in [0.2, 0.25) is 5.91 Å². The van der Waals surface area contributed by atoms with Crippen molar-refractivity contribution in [3.8, 4) is 0 Å². The standard InChI is InChI=1S/C14H25N3OS/c1-12-13(18)17(11-16-7-3-4-8-16)14(19-12)5-9-15(2)10-6-14/h12H,3-11H2,1-2H3. The van der Waals surface area contributed by atoms with E-state index in [0.717, 1.165) is 32.6 Å². The van der Waals surface area contributed by atoms with Crippen LogP contribution in [0.1, 0.15) is 32.6 Å². The average molecular weight is 283 g/mol. The Morgan fingerprint density at radius 1 is 1.21 bits per heavy atom. The summed E-state index contributed by atoms with van der Waals surface area (Å²) in [5.41, 5.74) is 0. The van der Waals surface area contributed by atoms with Gasteiger partial charge in [-0.05, 0) is 52.7 Å². The topological polar surface area (TPSA) is 26.8 Å². The van der Waals surface area contributed by atoms with Gasteiger partial charge in [0, 0.05) is 13.1 Å². The first kappa shape index (κ1) is 13.7. The van der Waals surface area contributed by atoms with Crippen molar-refractivity contribution in [1.29, 1.82) is 0 Å². The lowest BCUT2D eigenvalue weighted by Crippen LogP contribution is -2.54. The SMILES string of the molecule is CC1SC2(CCN(C)CC2)N(CN2CCCC2)C1=O. The van der Waals surface area contributed by atoms with Crippen LogP contribution in [0.5, 0.6) is 0 Å². The molecular weight excluding hydrogens is 258 g/mol. The predicted molar refractivity (Wildman–Crippen MR) is 79.0 cm³/mol. The second-order valence-corrected chi connectivity index (χ2v) is 7.95. The van der Waals surface area contributed by atoms with Crippen LogP contribution in [-0.4, -0.2) is 70.6 Å². The summed E-state index contributed by atoms with van der Waals surface area (Å²) in [5, 5.41) is 0.144. The normalized spacial score (nSPS) is 32.6. The van der Waals surface area contributed by atoms with E-state index in [0.29, 0.717) is 5.91 Å². The highest BCUT2D eigenvalue weighted by atomic mass is 32.2. The van der Waals surface area contributed by atoms with Crippen molar-refractivity contribution < 1.29 is 4.79 Å². The Hall–Kier alpha value is -0.260. The summed E-state index contributed by atoms with van der Waals surface area (Å²) in [5.74, 6) is 0.362.